The van der Waals surface area contributed by atoms with Crippen LogP contribution in [0.15, 0.2) is 53.0 Å². The van der Waals surface area contributed by atoms with Crippen LogP contribution in [0.5, 0.6) is 0 Å². The van der Waals surface area contributed by atoms with E-state index in [1.165, 1.54) is 4.90 Å². The summed E-state index contributed by atoms with van der Waals surface area (Å²) in [6.07, 6.45) is 0.739. The van der Waals surface area contributed by atoms with Crippen molar-refractivity contribution < 1.29 is 9.59 Å². The van der Waals surface area contributed by atoms with Gasteiger partial charge in [0.05, 0.1) is 6.42 Å². The summed E-state index contributed by atoms with van der Waals surface area (Å²) >= 11 is 14.7. The van der Waals surface area contributed by atoms with Crippen molar-refractivity contribution in [3.8, 4) is 0 Å². The number of likely N-dealkylation sites (N-methyl/N-ethyl adjacent to an activating group) is 1. The molecular weight excluding hydrogens is 462 g/mol. The molecule has 0 aromatic heterocycles. The molecule has 1 heterocycles. The molecule has 5 nitrogen and oxygen atoms in total. The summed E-state index contributed by atoms with van der Waals surface area (Å²) in [6, 6.07) is 14.3. The molecule has 1 saturated heterocycles. The summed E-state index contributed by atoms with van der Waals surface area (Å²) in [5.41, 5.74) is 1.77. The number of nitrogens with zero attached hydrogens (tertiary/aromatic N) is 2. The van der Waals surface area contributed by atoms with Crippen LogP contribution in [0.4, 0.5) is 5.69 Å². The first-order chi connectivity index (χ1) is 13.3. The lowest BCUT2D eigenvalue weighted by Crippen LogP contribution is -2.39. The molecule has 8 heteroatoms. The van der Waals surface area contributed by atoms with Gasteiger partial charge in [-0.15, -0.1) is 0 Å². The van der Waals surface area contributed by atoms with Gasteiger partial charge in [-0.1, -0.05) is 39.7 Å². The van der Waals surface area contributed by atoms with Crippen LogP contribution in [0.25, 0.3) is 0 Å². The number of benzene rings is 2. The van der Waals surface area contributed by atoms with E-state index in [0.717, 1.165) is 10.0 Å². The number of nitrogens with one attached hydrogen (secondary N) is 1. The number of amides is 2. The highest BCUT2D eigenvalue weighted by molar-refractivity contribution is 9.10. The summed E-state index contributed by atoms with van der Waals surface area (Å²) in [4.78, 5) is 28.4. The van der Waals surface area contributed by atoms with E-state index in [1.807, 2.05) is 41.3 Å². The van der Waals surface area contributed by atoms with Gasteiger partial charge in [0.25, 0.3) is 5.91 Å². The third-order valence-electron chi connectivity index (χ3n) is 4.59. The second kappa shape index (κ2) is 9.03. The minimum Gasteiger partial charge on any atom is -0.336 e. The zero-order chi connectivity index (χ0) is 20.3. The summed E-state index contributed by atoms with van der Waals surface area (Å²) in [5.74, 6) is -0.387. The molecule has 1 atom stereocenters. The molecule has 1 aliphatic rings. The average molecular weight is 481 g/mol. The van der Waals surface area contributed by atoms with E-state index in [2.05, 4.69) is 21.2 Å². The molecule has 0 bridgehead atoms. The average Bonchev–Trinajstić information content (AvgIpc) is 2.87. The molecule has 0 spiro atoms. The Morgan fingerprint density at radius 3 is 2.46 bits per heavy atom. The van der Waals surface area contributed by atoms with Gasteiger partial charge in [0.2, 0.25) is 5.91 Å². The molecule has 1 aliphatic heterocycles. The predicted octanol–water partition coefficient (Wildman–Crippen LogP) is 4.10. The fraction of sp³-hybridized carbons (Fsp3) is 0.250. The van der Waals surface area contributed by atoms with E-state index >= 15 is 0 Å². The Morgan fingerprint density at radius 2 is 1.82 bits per heavy atom. The van der Waals surface area contributed by atoms with E-state index in [9.17, 15) is 9.59 Å². The minimum atomic E-state index is -0.597. The van der Waals surface area contributed by atoms with Gasteiger partial charge in [-0.3, -0.25) is 14.5 Å². The van der Waals surface area contributed by atoms with Crippen molar-refractivity contribution in [3.05, 3.63) is 63.6 Å². The minimum absolute atomic E-state index is 0.0417. The lowest BCUT2D eigenvalue weighted by molar-refractivity contribution is -0.130. The van der Waals surface area contributed by atoms with Gasteiger partial charge in [-0.05, 0) is 60.6 Å². The second-order valence-electron chi connectivity index (χ2n) is 6.52. The molecule has 1 N–H and O–H groups in total. The van der Waals surface area contributed by atoms with E-state index in [4.69, 9.17) is 23.8 Å². The lowest BCUT2D eigenvalue weighted by atomic mass is 10.1. The van der Waals surface area contributed by atoms with Crippen LogP contribution < -0.4 is 5.32 Å². The van der Waals surface area contributed by atoms with Crippen LogP contribution in [-0.4, -0.2) is 46.4 Å². The van der Waals surface area contributed by atoms with Crippen molar-refractivity contribution in [2.24, 2.45) is 0 Å². The number of hydrogen-bond donors (Lipinski definition) is 1. The fourth-order valence-corrected chi connectivity index (χ4v) is 3.75. The maximum atomic E-state index is 12.6. The van der Waals surface area contributed by atoms with E-state index in [-0.39, 0.29) is 18.2 Å². The van der Waals surface area contributed by atoms with Crippen molar-refractivity contribution in [3.63, 3.8) is 0 Å². The smallest absolute Gasteiger partial charge is 0.251 e. The Bertz CT molecular complexity index is 889. The highest BCUT2D eigenvalue weighted by Crippen LogP contribution is 2.22. The third-order valence-corrected chi connectivity index (χ3v) is 5.87. The molecule has 1 fully saturated rings. The van der Waals surface area contributed by atoms with Crippen molar-refractivity contribution in [1.82, 2.24) is 9.80 Å². The third kappa shape index (κ3) is 4.90. The number of rotatable bonds is 6. The maximum absolute atomic E-state index is 12.6. The number of carbonyl (C=O) groups is 2. The molecule has 0 radical (unpaired) electrons. The first-order valence-corrected chi connectivity index (χ1v) is 10.3. The van der Waals surface area contributed by atoms with Crippen LogP contribution in [0.3, 0.4) is 0 Å². The molecular formula is C20H19BrClN3O2S. The Kier molecular flexibility index (Phi) is 6.69. The monoisotopic (exact) mass is 479 g/mol. The molecule has 1 unspecified atom stereocenters. The SMILES string of the molecule is CN1C(=O)C(CC(=O)Nc2ccc(Br)cc2)N(CCc2ccc(Cl)cc2)C1=S. The van der Waals surface area contributed by atoms with E-state index in [1.54, 1.807) is 19.2 Å². The van der Waals surface area contributed by atoms with Crippen molar-refractivity contribution >= 4 is 62.4 Å². The Morgan fingerprint density at radius 1 is 1.18 bits per heavy atom. The molecule has 2 amide bonds. The molecule has 2 aromatic carbocycles. The number of anilines is 1. The maximum Gasteiger partial charge on any atom is 0.251 e. The van der Waals surface area contributed by atoms with Crippen LogP contribution >= 0.6 is 39.7 Å². The standard InChI is InChI=1S/C20H19BrClN3O2S/c1-24-19(27)17(12-18(26)23-16-8-4-14(21)5-9-16)25(20(24)28)11-10-13-2-6-15(22)7-3-13/h2-9,17H,10-12H2,1H3,(H,23,26). The lowest BCUT2D eigenvalue weighted by Gasteiger charge is -2.23. The molecule has 0 aliphatic carbocycles. The van der Waals surface area contributed by atoms with Gasteiger partial charge in [-0.2, -0.15) is 0 Å². The topological polar surface area (TPSA) is 52.7 Å². The predicted molar refractivity (Wildman–Crippen MR) is 118 cm³/mol. The second-order valence-corrected chi connectivity index (χ2v) is 8.24. The van der Waals surface area contributed by atoms with Crippen LogP contribution in [0.1, 0.15) is 12.0 Å². The normalized spacial score (nSPS) is 16.6. The Balaban J connectivity index is 1.66. The zero-order valence-electron chi connectivity index (χ0n) is 15.2. The first kappa shape index (κ1) is 20.8. The summed E-state index contributed by atoms with van der Waals surface area (Å²) < 4.78 is 0.928. The molecule has 28 heavy (non-hydrogen) atoms. The van der Waals surface area contributed by atoms with Gasteiger partial charge in [0.15, 0.2) is 5.11 Å². The Labute approximate surface area is 182 Å². The summed E-state index contributed by atoms with van der Waals surface area (Å²) in [5, 5.41) is 3.96. The van der Waals surface area contributed by atoms with Gasteiger partial charge >= 0.3 is 0 Å². The summed E-state index contributed by atoms with van der Waals surface area (Å²) in [7, 11) is 1.65. The number of carbonyl (C=O) groups excluding carboxylic acids is 2. The molecule has 2 aromatic rings. The first-order valence-electron chi connectivity index (χ1n) is 8.73. The number of thiocarbonyl (C=S) groups is 1. The highest BCUT2D eigenvalue weighted by Gasteiger charge is 2.41. The highest BCUT2D eigenvalue weighted by atomic mass is 79.9. The largest absolute Gasteiger partial charge is 0.336 e. The van der Waals surface area contributed by atoms with Gasteiger partial charge < -0.3 is 10.2 Å². The number of halogens is 2. The van der Waals surface area contributed by atoms with Crippen molar-refractivity contribution in [2.75, 3.05) is 18.9 Å². The van der Waals surface area contributed by atoms with Gasteiger partial charge in [0.1, 0.15) is 6.04 Å². The number of hydrogen-bond acceptors (Lipinski definition) is 3. The Hall–Kier alpha value is -1.96. The van der Waals surface area contributed by atoms with Crippen molar-refractivity contribution in [1.29, 1.82) is 0 Å². The van der Waals surface area contributed by atoms with E-state index < -0.39 is 6.04 Å². The fourth-order valence-electron chi connectivity index (χ4n) is 3.05. The van der Waals surface area contributed by atoms with Crippen LogP contribution in [0.2, 0.25) is 5.02 Å². The van der Waals surface area contributed by atoms with E-state index in [0.29, 0.717) is 28.8 Å². The van der Waals surface area contributed by atoms with Crippen LogP contribution in [-0.2, 0) is 16.0 Å². The molecule has 0 saturated carbocycles. The van der Waals surface area contributed by atoms with Crippen molar-refractivity contribution in [2.45, 2.75) is 18.9 Å². The quantitative estimate of drug-likeness (QED) is 0.633. The van der Waals surface area contributed by atoms with Gasteiger partial charge in [-0.25, -0.2) is 0 Å². The zero-order valence-corrected chi connectivity index (χ0v) is 18.4. The molecule has 146 valence electrons. The van der Waals surface area contributed by atoms with Gasteiger partial charge in [0, 0.05) is 28.8 Å². The summed E-state index contributed by atoms with van der Waals surface area (Å²) in [6.45, 7) is 0.548. The molecule has 3 rings (SSSR count). The van der Waals surface area contributed by atoms with Crippen LogP contribution in [0, 0.1) is 0 Å².